The van der Waals surface area contributed by atoms with E-state index in [9.17, 15) is 9.59 Å². The lowest BCUT2D eigenvalue weighted by Crippen LogP contribution is -2.34. The molecule has 3 aromatic rings. The quantitative estimate of drug-likeness (QED) is 0.262. The number of hydrogen-bond donors (Lipinski definition) is 2. The first-order valence-electron chi connectivity index (χ1n) is 14.2. The van der Waals surface area contributed by atoms with Gasteiger partial charge < -0.3 is 25.0 Å². The van der Waals surface area contributed by atoms with Crippen LogP contribution in [0.1, 0.15) is 56.8 Å². The second kappa shape index (κ2) is 13.8. The Balaban J connectivity index is 1.73. The average molecular weight is 593 g/mol. The Morgan fingerprint density at radius 2 is 1.86 bits per heavy atom. The summed E-state index contributed by atoms with van der Waals surface area (Å²) >= 11 is 1.57. The van der Waals surface area contributed by atoms with Crippen LogP contribution < -0.4 is 20.1 Å². The molecule has 2 aromatic carbocycles. The van der Waals surface area contributed by atoms with Crippen molar-refractivity contribution in [3.8, 4) is 11.5 Å². The van der Waals surface area contributed by atoms with E-state index in [1.165, 1.54) is 0 Å². The number of likely N-dealkylation sites (N-methyl/N-ethyl adjacent to an activating group) is 1. The van der Waals surface area contributed by atoms with Gasteiger partial charge >= 0.3 is 0 Å². The molecule has 4 rings (SSSR count). The Hall–Kier alpha value is -3.99. The summed E-state index contributed by atoms with van der Waals surface area (Å²) in [5.41, 5.74) is 4.80. The third kappa shape index (κ3) is 6.56. The number of thioether (sulfide) groups is 1. The number of carbonyl (C=O) groups is 2. The number of aryl methyl sites for hydroxylation is 1. The number of nitrogens with one attached hydrogen (secondary N) is 2. The maximum Gasteiger partial charge on any atom is 0.260 e. The van der Waals surface area contributed by atoms with E-state index in [0.717, 1.165) is 34.6 Å². The number of carbonyl (C=O) groups excluding carboxylic acids is 2. The Morgan fingerprint density at radius 3 is 2.55 bits per heavy atom. The van der Waals surface area contributed by atoms with Crippen LogP contribution in [0, 0.1) is 13.8 Å². The van der Waals surface area contributed by atoms with E-state index in [2.05, 4.69) is 17.6 Å². The fourth-order valence-corrected chi connectivity index (χ4v) is 5.53. The summed E-state index contributed by atoms with van der Waals surface area (Å²) in [5, 5.41) is 11.8. The van der Waals surface area contributed by atoms with Crippen molar-refractivity contribution < 1.29 is 19.1 Å². The zero-order chi connectivity index (χ0) is 30.4. The number of anilines is 2. The number of aromatic nitrogens is 3. The molecule has 224 valence electrons. The second-order valence-corrected chi connectivity index (χ2v) is 11.1. The third-order valence-corrected chi connectivity index (χ3v) is 8.38. The van der Waals surface area contributed by atoms with Crippen molar-refractivity contribution in [1.29, 1.82) is 0 Å². The van der Waals surface area contributed by atoms with Crippen LogP contribution in [0.5, 0.6) is 11.5 Å². The van der Waals surface area contributed by atoms with Crippen molar-refractivity contribution >= 4 is 35.2 Å². The van der Waals surface area contributed by atoms with E-state index >= 15 is 0 Å². The van der Waals surface area contributed by atoms with Crippen molar-refractivity contribution in [2.24, 2.45) is 0 Å². The third-order valence-electron chi connectivity index (χ3n) is 7.34. The minimum Gasteiger partial charge on any atom is -0.493 e. The molecule has 0 saturated heterocycles. The molecule has 1 atom stereocenters. The standard InChI is InChI=1S/C31H40N6O4S/c1-8-16-42-31-34-30-32-21(6)27(29(39)33-23-13-11-12-19(4)20(23)5)28(37(30)35-31)22-14-15-24(25(17-22)40-7)41-18-26(38)36(9-2)10-3/h11-15,17,28H,8-10,16,18H2,1-7H3,(H,33,39)(H,32,34,35). The fraction of sp³-hybridized carbons (Fsp3) is 0.419. The first kappa shape index (κ1) is 31.0. The first-order valence-corrected chi connectivity index (χ1v) is 15.2. The maximum absolute atomic E-state index is 14.0. The SMILES string of the molecule is CCCSc1nc2n(n1)C(c1ccc(OCC(=O)N(CC)CC)c(OC)c1)C(C(=O)Nc1cccc(C)c1C)=C(C)N2. The molecule has 1 aliphatic rings. The highest BCUT2D eigenvalue weighted by Gasteiger charge is 2.35. The van der Waals surface area contributed by atoms with Crippen molar-refractivity contribution in [2.45, 2.75) is 59.2 Å². The molecule has 2 N–H and O–H groups in total. The summed E-state index contributed by atoms with van der Waals surface area (Å²) < 4.78 is 13.3. The molecule has 2 amide bonds. The van der Waals surface area contributed by atoms with Gasteiger partial charge in [0.25, 0.3) is 11.8 Å². The summed E-state index contributed by atoms with van der Waals surface area (Å²) in [4.78, 5) is 32.9. The van der Waals surface area contributed by atoms with Gasteiger partial charge in [-0.3, -0.25) is 9.59 Å². The zero-order valence-electron chi connectivity index (χ0n) is 25.4. The number of ether oxygens (including phenoxy) is 2. The van der Waals surface area contributed by atoms with E-state index in [4.69, 9.17) is 19.6 Å². The molecule has 0 bridgehead atoms. The van der Waals surface area contributed by atoms with Gasteiger partial charge in [-0.25, -0.2) is 4.68 Å². The molecular weight excluding hydrogens is 552 g/mol. The van der Waals surface area contributed by atoms with Crippen LogP contribution in [0.3, 0.4) is 0 Å². The smallest absolute Gasteiger partial charge is 0.260 e. The highest BCUT2D eigenvalue weighted by atomic mass is 32.2. The lowest BCUT2D eigenvalue weighted by molar-refractivity contribution is -0.133. The Labute approximate surface area is 251 Å². The van der Waals surface area contributed by atoms with E-state index in [1.807, 2.05) is 65.0 Å². The number of rotatable bonds is 12. The minimum absolute atomic E-state index is 0.0987. The Bertz CT molecular complexity index is 1480. The van der Waals surface area contributed by atoms with Gasteiger partial charge in [0.05, 0.1) is 12.7 Å². The number of nitrogens with zero attached hydrogens (tertiary/aromatic N) is 4. The lowest BCUT2D eigenvalue weighted by atomic mass is 9.94. The molecule has 0 radical (unpaired) electrons. The van der Waals surface area contributed by atoms with Gasteiger partial charge in [-0.15, -0.1) is 5.10 Å². The number of methoxy groups -OCH3 is 1. The van der Waals surface area contributed by atoms with Gasteiger partial charge in [-0.1, -0.05) is 36.9 Å². The Kier molecular flexibility index (Phi) is 10.2. The molecule has 1 aromatic heterocycles. The van der Waals surface area contributed by atoms with Crippen LogP contribution in [0.2, 0.25) is 0 Å². The molecule has 0 spiro atoms. The van der Waals surface area contributed by atoms with Crippen molar-refractivity contribution in [3.63, 3.8) is 0 Å². The molecule has 11 heteroatoms. The van der Waals surface area contributed by atoms with Gasteiger partial charge in [0.15, 0.2) is 18.1 Å². The van der Waals surface area contributed by atoms with Crippen LogP contribution in [-0.4, -0.2) is 64.0 Å². The van der Waals surface area contributed by atoms with Gasteiger partial charge in [0.1, 0.15) is 6.04 Å². The molecule has 2 heterocycles. The summed E-state index contributed by atoms with van der Waals surface area (Å²) in [7, 11) is 1.55. The molecule has 1 aliphatic heterocycles. The molecule has 0 fully saturated rings. The van der Waals surface area contributed by atoms with E-state index < -0.39 is 6.04 Å². The van der Waals surface area contributed by atoms with E-state index in [0.29, 0.717) is 47.0 Å². The first-order chi connectivity index (χ1) is 20.2. The molecule has 1 unspecified atom stereocenters. The summed E-state index contributed by atoms with van der Waals surface area (Å²) in [6.45, 7) is 13.0. The molecular formula is C31H40N6O4S. The van der Waals surface area contributed by atoms with Crippen molar-refractivity contribution in [3.05, 3.63) is 64.4 Å². The van der Waals surface area contributed by atoms with Crippen LogP contribution in [0.15, 0.2) is 52.8 Å². The number of benzene rings is 2. The van der Waals surface area contributed by atoms with E-state index in [-0.39, 0.29) is 18.4 Å². The molecule has 0 aliphatic carbocycles. The van der Waals surface area contributed by atoms with Gasteiger partial charge in [-0.2, -0.15) is 4.98 Å². The summed E-state index contributed by atoms with van der Waals surface area (Å²) in [6, 6.07) is 10.7. The monoisotopic (exact) mass is 592 g/mol. The topological polar surface area (TPSA) is 111 Å². The fourth-order valence-electron chi connectivity index (χ4n) is 4.84. The summed E-state index contributed by atoms with van der Waals surface area (Å²) in [5.74, 6) is 1.99. The predicted molar refractivity (Wildman–Crippen MR) is 166 cm³/mol. The minimum atomic E-state index is -0.588. The van der Waals surface area contributed by atoms with Crippen LogP contribution in [0.25, 0.3) is 0 Å². The van der Waals surface area contributed by atoms with Gasteiger partial charge in [0.2, 0.25) is 11.1 Å². The highest BCUT2D eigenvalue weighted by molar-refractivity contribution is 7.99. The van der Waals surface area contributed by atoms with Gasteiger partial charge in [-0.05, 0) is 75.9 Å². The van der Waals surface area contributed by atoms with Crippen LogP contribution in [-0.2, 0) is 9.59 Å². The molecule has 0 saturated carbocycles. The second-order valence-electron chi connectivity index (χ2n) is 10.0. The van der Waals surface area contributed by atoms with Gasteiger partial charge in [0, 0.05) is 30.2 Å². The summed E-state index contributed by atoms with van der Waals surface area (Å²) in [6.07, 6.45) is 0.988. The number of hydrogen-bond acceptors (Lipinski definition) is 8. The molecule has 10 nitrogen and oxygen atoms in total. The van der Waals surface area contributed by atoms with E-state index in [1.54, 1.807) is 34.5 Å². The maximum atomic E-state index is 14.0. The van der Waals surface area contributed by atoms with Crippen LogP contribution >= 0.6 is 11.8 Å². The highest BCUT2D eigenvalue weighted by Crippen LogP contribution is 2.40. The number of fused-ring (bicyclic) bond motifs is 1. The average Bonchev–Trinajstić information content (AvgIpc) is 3.39. The van der Waals surface area contributed by atoms with Crippen molar-refractivity contribution in [2.75, 3.05) is 43.2 Å². The predicted octanol–water partition coefficient (Wildman–Crippen LogP) is 5.58. The molecule has 42 heavy (non-hydrogen) atoms. The van der Waals surface area contributed by atoms with Crippen molar-refractivity contribution in [1.82, 2.24) is 19.7 Å². The zero-order valence-corrected chi connectivity index (χ0v) is 26.2. The lowest BCUT2D eigenvalue weighted by Gasteiger charge is -2.29. The largest absolute Gasteiger partial charge is 0.493 e. The van der Waals surface area contributed by atoms with Crippen LogP contribution in [0.4, 0.5) is 11.6 Å². The Morgan fingerprint density at radius 1 is 1.10 bits per heavy atom. The number of amides is 2. The number of allylic oxidation sites excluding steroid dienone is 1. The normalized spacial score (nSPS) is 14.2.